The van der Waals surface area contributed by atoms with Gasteiger partial charge in [-0.3, -0.25) is 0 Å². The second-order valence-corrected chi connectivity index (χ2v) is 5.39. The third kappa shape index (κ3) is 2.99. The van der Waals surface area contributed by atoms with Crippen LogP contribution in [0.2, 0.25) is 0 Å². The summed E-state index contributed by atoms with van der Waals surface area (Å²) in [5.74, 6) is -0.566. The van der Waals surface area contributed by atoms with E-state index in [-0.39, 0.29) is 22.0 Å². The first-order valence-electron chi connectivity index (χ1n) is 5.81. The van der Waals surface area contributed by atoms with Crippen molar-refractivity contribution in [3.05, 3.63) is 40.2 Å². The Morgan fingerprint density at radius 3 is 2.55 bits per heavy atom. The van der Waals surface area contributed by atoms with E-state index in [1.807, 2.05) is 0 Å². The number of hydrogen-bond acceptors (Lipinski definition) is 3. The molecule has 0 unspecified atom stereocenters. The predicted octanol–water partition coefficient (Wildman–Crippen LogP) is 4.00. The van der Waals surface area contributed by atoms with Crippen molar-refractivity contribution in [1.29, 1.82) is 0 Å². The van der Waals surface area contributed by atoms with Gasteiger partial charge >= 0.3 is 6.18 Å². The molecule has 0 atom stereocenters. The number of aromatic nitrogens is 1. The van der Waals surface area contributed by atoms with Crippen molar-refractivity contribution < 1.29 is 17.6 Å². The van der Waals surface area contributed by atoms with Gasteiger partial charge in [-0.15, -0.1) is 11.3 Å². The number of aryl methyl sites for hydroxylation is 1. The molecule has 0 bridgehead atoms. The SMILES string of the molecule is CNCc1sc(-c2ccc(C)cc2F)nc1C(F)(F)F. The molecule has 0 fully saturated rings. The zero-order chi connectivity index (χ0) is 14.9. The molecule has 0 saturated carbocycles. The first kappa shape index (κ1) is 14.9. The van der Waals surface area contributed by atoms with Crippen LogP contribution in [0.1, 0.15) is 16.1 Å². The molecule has 0 amide bonds. The van der Waals surface area contributed by atoms with E-state index in [2.05, 4.69) is 10.3 Å². The molecule has 2 nitrogen and oxygen atoms in total. The highest BCUT2D eigenvalue weighted by Crippen LogP contribution is 2.38. The molecule has 7 heteroatoms. The predicted molar refractivity (Wildman–Crippen MR) is 70.0 cm³/mol. The highest BCUT2D eigenvalue weighted by Gasteiger charge is 2.37. The molecule has 0 aliphatic rings. The van der Waals surface area contributed by atoms with Gasteiger partial charge in [-0.25, -0.2) is 9.37 Å². The summed E-state index contributed by atoms with van der Waals surface area (Å²) in [4.78, 5) is 3.63. The van der Waals surface area contributed by atoms with E-state index >= 15 is 0 Å². The number of nitrogens with one attached hydrogen (secondary N) is 1. The first-order valence-corrected chi connectivity index (χ1v) is 6.62. The van der Waals surface area contributed by atoms with Gasteiger partial charge in [-0.1, -0.05) is 6.07 Å². The lowest BCUT2D eigenvalue weighted by molar-refractivity contribution is -0.141. The molecule has 1 N–H and O–H groups in total. The summed E-state index contributed by atoms with van der Waals surface area (Å²) < 4.78 is 52.5. The fraction of sp³-hybridized carbons (Fsp3) is 0.308. The molecule has 0 radical (unpaired) electrons. The number of benzene rings is 1. The molecule has 1 aromatic carbocycles. The summed E-state index contributed by atoms with van der Waals surface area (Å²) in [7, 11) is 1.55. The molecule has 108 valence electrons. The Labute approximate surface area is 117 Å². The standard InChI is InChI=1S/C13H12F4N2S/c1-7-3-4-8(9(14)5-7)12-19-11(13(15,16)17)10(20-12)6-18-2/h3-5,18H,6H2,1-2H3. The van der Waals surface area contributed by atoms with Gasteiger partial charge in [-0.2, -0.15) is 13.2 Å². The fourth-order valence-corrected chi connectivity index (χ4v) is 2.88. The van der Waals surface area contributed by atoms with Crippen LogP contribution in [0.15, 0.2) is 18.2 Å². The van der Waals surface area contributed by atoms with Crippen molar-refractivity contribution in [2.24, 2.45) is 0 Å². The van der Waals surface area contributed by atoms with Crippen LogP contribution >= 0.6 is 11.3 Å². The van der Waals surface area contributed by atoms with Gasteiger partial charge in [0, 0.05) is 12.1 Å². The lowest BCUT2D eigenvalue weighted by Gasteiger charge is -2.04. The summed E-state index contributed by atoms with van der Waals surface area (Å²) in [6, 6.07) is 4.37. The van der Waals surface area contributed by atoms with Gasteiger partial charge in [-0.05, 0) is 31.7 Å². The highest BCUT2D eigenvalue weighted by molar-refractivity contribution is 7.15. The van der Waals surface area contributed by atoms with Crippen LogP contribution in [0.4, 0.5) is 17.6 Å². The van der Waals surface area contributed by atoms with Crippen molar-refractivity contribution >= 4 is 11.3 Å². The van der Waals surface area contributed by atoms with E-state index in [0.717, 1.165) is 11.3 Å². The monoisotopic (exact) mass is 304 g/mol. The Hall–Kier alpha value is -1.47. The van der Waals surface area contributed by atoms with E-state index in [0.29, 0.717) is 5.56 Å². The Morgan fingerprint density at radius 1 is 1.30 bits per heavy atom. The Kier molecular flexibility index (Phi) is 4.10. The summed E-state index contributed by atoms with van der Waals surface area (Å²) in [6.07, 6.45) is -4.54. The minimum atomic E-state index is -4.54. The largest absolute Gasteiger partial charge is 0.434 e. The van der Waals surface area contributed by atoms with Crippen molar-refractivity contribution in [1.82, 2.24) is 10.3 Å². The Morgan fingerprint density at radius 2 is 2.00 bits per heavy atom. The van der Waals surface area contributed by atoms with Gasteiger partial charge in [0.2, 0.25) is 0 Å². The zero-order valence-electron chi connectivity index (χ0n) is 10.8. The van der Waals surface area contributed by atoms with Crippen LogP contribution in [-0.2, 0) is 12.7 Å². The van der Waals surface area contributed by atoms with Crippen LogP contribution in [-0.4, -0.2) is 12.0 Å². The van der Waals surface area contributed by atoms with Crippen LogP contribution in [0.3, 0.4) is 0 Å². The zero-order valence-corrected chi connectivity index (χ0v) is 11.6. The fourth-order valence-electron chi connectivity index (χ4n) is 1.76. The van der Waals surface area contributed by atoms with E-state index in [9.17, 15) is 17.6 Å². The van der Waals surface area contributed by atoms with Gasteiger partial charge in [0.05, 0.1) is 4.88 Å². The van der Waals surface area contributed by atoms with Crippen LogP contribution in [0, 0.1) is 12.7 Å². The molecule has 20 heavy (non-hydrogen) atoms. The molecular formula is C13H12F4N2S. The summed E-state index contributed by atoms with van der Waals surface area (Å²) in [5.41, 5.74) is -0.158. The van der Waals surface area contributed by atoms with E-state index in [1.165, 1.54) is 12.1 Å². The maximum Gasteiger partial charge on any atom is 0.434 e. The molecular weight excluding hydrogens is 292 g/mol. The molecule has 0 aliphatic carbocycles. The van der Waals surface area contributed by atoms with Crippen molar-refractivity contribution in [2.45, 2.75) is 19.6 Å². The normalized spacial score (nSPS) is 11.9. The van der Waals surface area contributed by atoms with Crippen LogP contribution in [0.25, 0.3) is 10.6 Å². The Bertz CT molecular complexity index is 619. The molecule has 2 aromatic rings. The third-order valence-corrected chi connectivity index (χ3v) is 3.75. The second-order valence-electron chi connectivity index (χ2n) is 4.30. The summed E-state index contributed by atoms with van der Waals surface area (Å²) in [6.45, 7) is 1.75. The van der Waals surface area contributed by atoms with Crippen LogP contribution in [0.5, 0.6) is 0 Å². The summed E-state index contributed by atoms with van der Waals surface area (Å²) in [5, 5.41) is 2.70. The minimum Gasteiger partial charge on any atom is -0.315 e. The molecule has 2 rings (SSSR count). The van der Waals surface area contributed by atoms with Crippen molar-refractivity contribution in [3.63, 3.8) is 0 Å². The number of nitrogens with zero attached hydrogens (tertiary/aromatic N) is 1. The van der Waals surface area contributed by atoms with E-state index < -0.39 is 17.7 Å². The summed E-state index contributed by atoms with van der Waals surface area (Å²) >= 11 is 0.850. The molecule has 0 aliphatic heterocycles. The maximum absolute atomic E-state index is 13.8. The number of halogens is 4. The molecule has 0 spiro atoms. The molecule has 1 aromatic heterocycles. The molecule has 0 saturated heterocycles. The highest BCUT2D eigenvalue weighted by atomic mass is 32.1. The average molecular weight is 304 g/mol. The number of alkyl halides is 3. The second kappa shape index (κ2) is 5.49. The number of hydrogen-bond donors (Lipinski definition) is 1. The smallest absolute Gasteiger partial charge is 0.315 e. The first-order chi connectivity index (χ1) is 9.32. The quantitative estimate of drug-likeness (QED) is 0.867. The van der Waals surface area contributed by atoms with Crippen LogP contribution < -0.4 is 5.32 Å². The lowest BCUT2D eigenvalue weighted by Crippen LogP contribution is -2.12. The number of rotatable bonds is 3. The van der Waals surface area contributed by atoms with Gasteiger partial charge in [0.15, 0.2) is 5.69 Å². The van der Waals surface area contributed by atoms with Gasteiger partial charge in [0.1, 0.15) is 10.8 Å². The molecule has 1 heterocycles. The van der Waals surface area contributed by atoms with Crippen molar-refractivity contribution in [3.8, 4) is 10.6 Å². The van der Waals surface area contributed by atoms with E-state index in [1.54, 1.807) is 20.0 Å². The van der Waals surface area contributed by atoms with Gasteiger partial charge in [0.25, 0.3) is 0 Å². The van der Waals surface area contributed by atoms with Crippen molar-refractivity contribution in [2.75, 3.05) is 7.05 Å². The van der Waals surface area contributed by atoms with E-state index in [4.69, 9.17) is 0 Å². The average Bonchev–Trinajstić information content (AvgIpc) is 2.73. The van der Waals surface area contributed by atoms with Gasteiger partial charge < -0.3 is 5.32 Å². The Balaban J connectivity index is 2.53. The maximum atomic E-state index is 13.8. The third-order valence-electron chi connectivity index (χ3n) is 2.66. The number of thiazole rings is 1. The minimum absolute atomic E-state index is 0.0417. The topological polar surface area (TPSA) is 24.9 Å². The lowest BCUT2D eigenvalue weighted by atomic mass is 10.1.